The van der Waals surface area contributed by atoms with Gasteiger partial charge in [0.2, 0.25) is 5.95 Å². The molecule has 132 valence electrons. The van der Waals surface area contributed by atoms with Crippen LogP contribution in [0.1, 0.15) is 30.5 Å². The largest absolute Gasteiger partial charge is 0.378 e. The molecule has 0 spiro atoms. The molecule has 6 nitrogen and oxygen atoms in total. The predicted octanol–water partition coefficient (Wildman–Crippen LogP) is 3.29. The van der Waals surface area contributed by atoms with Gasteiger partial charge in [0, 0.05) is 44.6 Å². The molecule has 0 radical (unpaired) electrons. The molecular formula is C19H26N6. The van der Waals surface area contributed by atoms with Crippen LogP contribution in [-0.2, 0) is 0 Å². The Hall–Kier alpha value is -2.63. The van der Waals surface area contributed by atoms with E-state index in [4.69, 9.17) is 0 Å². The Morgan fingerprint density at radius 2 is 1.80 bits per heavy atom. The number of aryl methyl sites for hydroxylation is 1. The summed E-state index contributed by atoms with van der Waals surface area (Å²) in [6, 6.07) is 10.2. The molecule has 1 aromatic carbocycles. The van der Waals surface area contributed by atoms with E-state index < -0.39 is 0 Å². The predicted molar refractivity (Wildman–Crippen MR) is 105 cm³/mol. The highest BCUT2D eigenvalue weighted by Crippen LogP contribution is 2.18. The summed E-state index contributed by atoms with van der Waals surface area (Å²) < 4.78 is 0. The number of hydrogen-bond donors (Lipinski definition) is 1. The summed E-state index contributed by atoms with van der Waals surface area (Å²) in [6.07, 6.45) is 5.52. The van der Waals surface area contributed by atoms with Crippen LogP contribution in [0.25, 0.3) is 0 Å². The van der Waals surface area contributed by atoms with E-state index >= 15 is 0 Å². The Bertz CT molecular complexity index is 717. The molecule has 1 fully saturated rings. The lowest BCUT2D eigenvalue weighted by molar-refractivity contribution is 0.568. The second-order valence-electron chi connectivity index (χ2n) is 6.60. The van der Waals surface area contributed by atoms with Gasteiger partial charge in [0.15, 0.2) is 5.82 Å². The molecule has 0 aliphatic carbocycles. The number of hydrogen-bond acceptors (Lipinski definition) is 6. The average molecular weight is 338 g/mol. The minimum Gasteiger partial charge on any atom is -0.378 e. The number of rotatable bonds is 5. The van der Waals surface area contributed by atoms with Crippen LogP contribution in [0.3, 0.4) is 0 Å². The third kappa shape index (κ3) is 4.68. The second-order valence-corrected chi connectivity index (χ2v) is 6.60. The van der Waals surface area contributed by atoms with Crippen LogP contribution < -0.4 is 15.2 Å². The first kappa shape index (κ1) is 17.2. The number of aromatic nitrogens is 2. The van der Waals surface area contributed by atoms with Crippen molar-refractivity contribution in [2.45, 2.75) is 26.2 Å². The first-order valence-electron chi connectivity index (χ1n) is 8.79. The van der Waals surface area contributed by atoms with Gasteiger partial charge in [0.05, 0.1) is 6.21 Å². The fourth-order valence-corrected chi connectivity index (χ4v) is 2.88. The van der Waals surface area contributed by atoms with Gasteiger partial charge < -0.3 is 9.80 Å². The number of piperidine rings is 1. The topological polar surface area (TPSA) is 56.7 Å². The average Bonchev–Trinajstić information content (AvgIpc) is 2.62. The van der Waals surface area contributed by atoms with Gasteiger partial charge in [-0.1, -0.05) is 12.1 Å². The zero-order valence-corrected chi connectivity index (χ0v) is 15.2. The van der Waals surface area contributed by atoms with E-state index in [0.717, 1.165) is 36.1 Å². The Morgan fingerprint density at radius 3 is 2.48 bits per heavy atom. The zero-order chi connectivity index (χ0) is 17.6. The van der Waals surface area contributed by atoms with Crippen molar-refractivity contribution in [1.29, 1.82) is 0 Å². The molecule has 2 aromatic rings. The first-order chi connectivity index (χ1) is 12.1. The van der Waals surface area contributed by atoms with E-state index in [1.165, 1.54) is 24.9 Å². The van der Waals surface area contributed by atoms with E-state index in [1.807, 2.05) is 39.2 Å². The molecule has 1 aliphatic heterocycles. The van der Waals surface area contributed by atoms with Crippen molar-refractivity contribution < 1.29 is 0 Å². The first-order valence-corrected chi connectivity index (χ1v) is 8.79. The molecule has 25 heavy (non-hydrogen) atoms. The molecule has 0 saturated carbocycles. The minimum atomic E-state index is 0.731. The van der Waals surface area contributed by atoms with Crippen LogP contribution >= 0.6 is 0 Å². The smallest absolute Gasteiger partial charge is 0.227 e. The minimum absolute atomic E-state index is 0.731. The van der Waals surface area contributed by atoms with Crippen molar-refractivity contribution in [1.82, 2.24) is 9.97 Å². The van der Waals surface area contributed by atoms with Gasteiger partial charge >= 0.3 is 0 Å². The van der Waals surface area contributed by atoms with E-state index in [1.54, 1.807) is 6.21 Å². The van der Waals surface area contributed by atoms with Crippen LogP contribution in [0, 0.1) is 6.92 Å². The molecule has 1 aromatic heterocycles. The van der Waals surface area contributed by atoms with Crippen molar-refractivity contribution in [2.24, 2.45) is 5.10 Å². The molecule has 1 saturated heterocycles. The molecule has 0 atom stereocenters. The Kier molecular flexibility index (Phi) is 5.48. The zero-order valence-electron chi connectivity index (χ0n) is 15.2. The summed E-state index contributed by atoms with van der Waals surface area (Å²) in [5.74, 6) is 1.53. The number of hydrazone groups is 1. The van der Waals surface area contributed by atoms with Crippen LogP contribution in [0.2, 0.25) is 0 Å². The molecule has 1 N–H and O–H groups in total. The van der Waals surface area contributed by atoms with Crippen molar-refractivity contribution in [3.8, 4) is 0 Å². The summed E-state index contributed by atoms with van der Waals surface area (Å²) in [6.45, 7) is 4.05. The Balaban J connectivity index is 1.66. The Morgan fingerprint density at radius 1 is 1.08 bits per heavy atom. The Labute approximate surface area is 149 Å². The van der Waals surface area contributed by atoms with E-state index in [2.05, 4.69) is 42.4 Å². The maximum Gasteiger partial charge on any atom is 0.227 e. The van der Waals surface area contributed by atoms with Crippen LogP contribution in [0.4, 0.5) is 17.5 Å². The monoisotopic (exact) mass is 338 g/mol. The van der Waals surface area contributed by atoms with E-state index in [0.29, 0.717) is 0 Å². The van der Waals surface area contributed by atoms with Gasteiger partial charge in [-0.05, 0) is 43.9 Å². The van der Waals surface area contributed by atoms with Crippen molar-refractivity contribution in [2.75, 3.05) is 42.4 Å². The third-order valence-corrected chi connectivity index (χ3v) is 4.28. The summed E-state index contributed by atoms with van der Waals surface area (Å²) in [5, 5.41) is 4.32. The maximum atomic E-state index is 4.61. The van der Waals surface area contributed by atoms with Crippen molar-refractivity contribution in [3.05, 3.63) is 41.6 Å². The van der Waals surface area contributed by atoms with Crippen LogP contribution in [0.5, 0.6) is 0 Å². The van der Waals surface area contributed by atoms with Gasteiger partial charge in [0.1, 0.15) is 0 Å². The van der Waals surface area contributed by atoms with Gasteiger partial charge in [-0.2, -0.15) is 10.1 Å². The highest BCUT2D eigenvalue weighted by molar-refractivity contribution is 5.80. The van der Waals surface area contributed by atoms with Gasteiger partial charge in [-0.3, -0.25) is 5.43 Å². The molecule has 0 amide bonds. The molecule has 3 rings (SSSR count). The molecular weight excluding hydrogens is 312 g/mol. The van der Waals surface area contributed by atoms with E-state index in [9.17, 15) is 0 Å². The molecule has 6 heteroatoms. The fraction of sp³-hybridized carbons (Fsp3) is 0.421. The quantitative estimate of drug-likeness (QED) is 0.670. The maximum absolute atomic E-state index is 4.61. The second kappa shape index (κ2) is 7.96. The van der Waals surface area contributed by atoms with Gasteiger partial charge in [-0.15, -0.1) is 0 Å². The molecule has 2 heterocycles. The lowest BCUT2D eigenvalue weighted by Gasteiger charge is -2.26. The number of nitrogens with zero attached hydrogens (tertiary/aromatic N) is 5. The van der Waals surface area contributed by atoms with Gasteiger partial charge in [-0.25, -0.2) is 4.98 Å². The van der Waals surface area contributed by atoms with Gasteiger partial charge in [0.25, 0.3) is 0 Å². The van der Waals surface area contributed by atoms with E-state index in [-0.39, 0.29) is 0 Å². The van der Waals surface area contributed by atoms with Crippen LogP contribution in [0.15, 0.2) is 35.4 Å². The number of nitrogens with one attached hydrogen (secondary N) is 1. The fourth-order valence-electron chi connectivity index (χ4n) is 2.88. The molecule has 1 aliphatic rings. The highest BCUT2D eigenvalue weighted by atomic mass is 15.3. The summed E-state index contributed by atoms with van der Waals surface area (Å²) in [5.41, 5.74) is 6.19. The van der Waals surface area contributed by atoms with Crippen LogP contribution in [-0.4, -0.2) is 43.4 Å². The number of anilines is 3. The molecule has 0 unspecified atom stereocenters. The lowest BCUT2D eigenvalue weighted by Crippen LogP contribution is -2.31. The summed E-state index contributed by atoms with van der Waals surface area (Å²) in [7, 11) is 4.06. The highest BCUT2D eigenvalue weighted by Gasteiger charge is 2.14. The van der Waals surface area contributed by atoms with Crippen molar-refractivity contribution in [3.63, 3.8) is 0 Å². The summed E-state index contributed by atoms with van der Waals surface area (Å²) in [4.78, 5) is 13.5. The normalized spacial score (nSPS) is 14.8. The summed E-state index contributed by atoms with van der Waals surface area (Å²) >= 11 is 0. The molecule has 0 bridgehead atoms. The SMILES string of the molecule is Cc1cc(N/N=C\c2ccc(N(C)C)cc2)nc(N2CCCCC2)n1. The van der Waals surface area contributed by atoms with Crippen molar-refractivity contribution >= 4 is 23.7 Å². The third-order valence-electron chi connectivity index (χ3n) is 4.28. The standard InChI is InChI=1S/C19H26N6/c1-15-13-18(22-19(21-15)25-11-5-4-6-12-25)23-20-14-16-7-9-17(10-8-16)24(2)3/h7-10,13-14H,4-6,11-12H2,1-3H3,(H,21,22,23)/b20-14-. The lowest BCUT2D eigenvalue weighted by atomic mass is 10.1. The number of benzene rings is 1.